The van der Waals surface area contributed by atoms with Gasteiger partial charge in [-0.2, -0.15) is 10.4 Å². The van der Waals surface area contributed by atoms with Crippen molar-refractivity contribution in [3.05, 3.63) is 42.1 Å². The van der Waals surface area contributed by atoms with Crippen LogP contribution in [0.1, 0.15) is 35.7 Å². The van der Waals surface area contributed by atoms with Crippen LogP contribution in [0, 0.1) is 17.2 Å². The van der Waals surface area contributed by atoms with E-state index in [0.29, 0.717) is 25.1 Å². The Labute approximate surface area is 139 Å². The Morgan fingerprint density at radius 2 is 2.12 bits per heavy atom. The third-order valence-electron chi connectivity index (χ3n) is 4.33. The van der Waals surface area contributed by atoms with Crippen LogP contribution in [-0.2, 0) is 0 Å². The van der Waals surface area contributed by atoms with Crippen molar-refractivity contribution in [1.29, 1.82) is 5.26 Å². The first-order valence-electron chi connectivity index (χ1n) is 7.87. The second kappa shape index (κ2) is 6.72. The van der Waals surface area contributed by atoms with E-state index in [4.69, 9.17) is 5.73 Å². The van der Waals surface area contributed by atoms with Gasteiger partial charge in [-0.05, 0) is 31.4 Å². The zero-order valence-electron chi connectivity index (χ0n) is 13.1. The van der Waals surface area contributed by atoms with E-state index in [1.807, 2.05) is 30.3 Å². The zero-order chi connectivity index (χ0) is 17.1. The molecule has 4 N–H and O–H groups in total. The number of nitriles is 1. The van der Waals surface area contributed by atoms with Gasteiger partial charge in [0.2, 0.25) is 0 Å². The third-order valence-corrected chi connectivity index (χ3v) is 4.33. The van der Waals surface area contributed by atoms with Gasteiger partial charge in [0.05, 0.1) is 24.1 Å². The zero-order valence-corrected chi connectivity index (χ0v) is 13.1. The van der Waals surface area contributed by atoms with E-state index < -0.39 is 12.0 Å². The number of aliphatic hydroxyl groups excluding tert-OH is 1. The van der Waals surface area contributed by atoms with Crippen molar-refractivity contribution < 1.29 is 9.90 Å². The molecule has 1 aromatic heterocycles. The number of para-hydroxylation sites is 1. The fourth-order valence-corrected chi connectivity index (χ4v) is 3.06. The number of nitrogens with zero attached hydrogens (tertiary/aromatic N) is 3. The van der Waals surface area contributed by atoms with Crippen LogP contribution in [0.25, 0.3) is 0 Å². The van der Waals surface area contributed by atoms with Crippen LogP contribution >= 0.6 is 0 Å². The standard InChI is InChI=1S/C17H19N5O2/c18-9-11-6-7-13(23)8-15(11)22-10-14(16(19)24)17(21-22)20-12-4-2-1-3-5-12/h1-5,10-11,13,15,23H,6-8H2,(H2,19,24)(H,20,21). The van der Waals surface area contributed by atoms with Crippen LogP contribution in [-0.4, -0.2) is 26.9 Å². The molecule has 1 fully saturated rings. The van der Waals surface area contributed by atoms with E-state index in [2.05, 4.69) is 16.5 Å². The molecule has 1 aromatic carbocycles. The smallest absolute Gasteiger partial charge is 0.254 e. The Bertz CT molecular complexity index is 765. The lowest BCUT2D eigenvalue weighted by atomic mass is 9.84. The Balaban J connectivity index is 1.93. The molecule has 1 aliphatic carbocycles. The van der Waals surface area contributed by atoms with Crippen LogP contribution in [0.5, 0.6) is 0 Å². The average Bonchev–Trinajstić information content (AvgIpc) is 2.99. The second-order valence-electron chi connectivity index (χ2n) is 6.00. The Morgan fingerprint density at radius 3 is 2.79 bits per heavy atom. The van der Waals surface area contributed by atoms with Crippen LogP contribution in [0.15, 0.2) is 36.5 Å². The quantitative estimate of drug-likeness (QED) is 0.794. The molecular weight excluding hydrogens is 306 g/mol. The fraction of sp³-hybridized carbons (Fsp3) is 0.353. The summed E-state index contributed by atoms with van der Waals surface area (Å²) in [6.07, 6.45) is 2.73. The predicted molar refractivity (Wildman–Crippen MR) is 88.5 cm³/mol. The van der Waals surface area contributed by atoms with Gasteiger partial charge in [-0.3, -0.25) is 9.48 Å². The van der Waals surface area contributed by atoms with Gasteiger partial charge in [0.15, 0.2) is 5.82 Å². The summed E-state index contributed by atoms with van der Waals surface area (Å²) in [6, 6.07) is 11.3. The van der Waals surface area contributed by atoms with Crippen molar-refractivity contribution in [2.24, 2.45) is 11.7 Å². The number of anilines is 2. The van der Waals surface area contributed by atoms with Gasteiger partial charge < -0.3 is 16.2 Å². The summed E-state index contributed by atoms with van der Waals surface area (Å²) < 4.78 is 1.58. The first-order chi connectivity index (χ1) is 11.6. The summed E-state index contributed by atoms with van der Waals surface area (Å²) in [4.78, 5) is 11.7. The van der Waals surface area contributed by atoms with Gasteiger partial charge in [-0.1, -0.05) is 18.2 Å². The number of carbonyl (C=O) groups excluding carboxylic acids is 1. The van der Waals surface area contributed by atoms with Crippen molar-refractivity contribution in [3.63, 3.8) is 0 Å². The molecule has 24 heavy (non-hydrogen) atoms. The van der Waals surface area contributed by atoms with E-state index in [9.17, 15) is 15.2 Å². The lowest BCUT2D eigenvalue weighted by Gasteiger charge is -2.30. The topological polar surface area (TPSA) is 117 Å². The van der Waals surface area contributed by atoms with Gasteiger partial charge in [-0.15, -0.1) is 0 Å². The number of nitrogens with two attached hydrogens (primary N) is 1. The number of primary amides is 1. The largest absolute Gasteiger partial charge is 0.393 e. The number of hydrogen-bond donors (Lipinski definition) is 3. The molecule has 124 valence electrons. The molecule has 1 aliphatic rings. The Hall–Kier alpha value is -2.85. The van der Waals surface area contributed by atoms with Crippen molar-refractivity contribution in [3.8, 4) is 6.07 Å². The normalized spacial score (nSPS) is 23.4. The second-order valence-corrected chi connectivity index (χ2v) is 6.00. The minimum absolute atomic E-state index is 0.251. The summed E-state index contributed by atoms with van der Waals surface area (Å²) >= 11 is 0. The van der Waals surface area contributed by atoms with Gasteiger partial charge in [0.25, 0.3) is 5.91 Å². The number of nitrogens with one attached hydrogen (secondary N) is 1. The van der Waals surface area contributed by atoms with E-state index in [1.54, 1.807) is 10.9 Å². The van der Waals surface area contributed by atoms with Crippen LogP contribution in [0.4, 0.5) is 11.5 Å². The van der Waals surface area contributed by atoms with Gasteiger partial charge in [0.1, 0.15) is 5.56 Å². The molecule has 0 aliphatic heterocycles. The van der Waals surface area contributed by atoms with Gasteiger partial charge >= 0.3 is 0 Å². The molecule has 3 atom stereocenters. The van der Waals surface area contributed by atoms with Crippen molar-refractivity contribution >= 4 is 17.4 Å². The number of amides is 1. The van der Waals surface area contributed by atoms with Crippen molar-refractivity contribution in [1.82, 2.24) is 9.78 Å². The molecule has 1 amide bonds. The fourth-order valence-electron chi connectivity index (χ4n) is 3.06. The number of hydrogen-bond acceptors (Lipinski definition) is 5. The van der Waals surface area contributed by atoms with Crippen LogP contribution in [0.2, 0.25) is 0 Å². The molecule has 7 heteroatoms. The highest BCUT2D eigenvalue weighted by Gasteiger charge is 2.32. The average molecular weight is 325 g/mol. The van der Waals surface area contributed by atoms with E-state index in [0.717, 1.165) is 5.69 Å². The maximum Gasteiger partial charge on any atom is 0.254 e. The molecule has 2 aromatic rings. The lowest BCUT2D eigenvalue weighted by Crippen LogP contribution is -2.29. The number of aromatic nitrogens is 2. The Kier molecular flexibility index (Phi) is 4.49. The summed E-state index contributed by atoms with van der Waals surface area (Å²) in [6.45, 7) is 0. The summed E-state index contributed by atoms with van der Waals surface area (Å²) in [5, 5.41) is 26.8. The number of carbonyl (C=O) groups is 1. The van der Waals surface area contributed by atoms with Crippen LogP contribution in [0.3, 0.4) is 0 Å². The molecular formula is C17H19N5O2. The molecule has 0 spiro atoms. The minimum atomic E-state index is -0.593. The molecule has 3 rings (SSSR count). The monoisotopic (exact) mass is 325 g/mol. The maximum absolute atomic E-state index is 11.7. The van der Waals surface area contributed by atoms with Crippen molar-refractivity contribution in [2.45, 2.75) is 31.4 Å². The molecule has 1 heterocycles. The summed E-state index contributed by atoms with van der Waals surface area (Å²) in [5.74, 6) is -0.492. The third kappa shape index (κ3) is 3.24. The van der Waals surface area contributed by atoms with Crippen molar-refractivity contribution in [2.75, 3.05) is 5.32 Å². The van der Waals surface area contributed by atoms with E-state index in [-0.39, 0.29) is 17.5 Å². The number of rotatable bonds is 4. The number of aliphatic hydroxyl groups is 1. The summed E-state index contributed by atoms with van der Waals surface area (Å²) in [5.41, 5.74) is 6.50. The molecule has 7 nitrogen and oxygen atoms in total. The predicted octanol–water partition coefficient (Wildman–Crippen LogP) is 1.95. The van der Waals surface area contributed by atoms with E-state index in [1.165, 1.54) is 0 Å². The highest BCUT2D eigenvalue weighted by atomic mass is 16.3. The Morgan fingerprint density at radius 1 is 1.38 bits per heavy atom. The highest BCUT2D eigenvalue weighted by Crippen LogP contribution is 2.34. The van der Waals surface area contributed by atoms with E-state index >= 15 is 0 Å². The molecule has 3 unspecified atom stereocenters. The first-order valence-corrected chi connectivity index (χ1v) is 7.87. The number of benzene rings is 1. The molecule has 0 saturated heterocycles. The van der Waals surface area contributed by atoms with Gasteiger partial charge in [0, 0.05) is 11.9 Å². The van der Waals surface area contributed by atoms with Crippen LogP contribution < -0.4 is 11.1 Å². The molecule has 1 saturated carbocycles. The SMILES string of the molecule is N#CC1CCC(O)CC1n1cc(C(N)=O)c(Nc2ccccc2)n1. The maximum atomic E-state index is 11.7. The minimum Gasteiger partial charge on any atom is -0.393 e. The van der Waals surface area contributed by atoms with Gasteiger partial charge in [-0.25, -0.2) is 0 Å². The molecule has 0 bridgehead atoms. The lowest BCUT2D eigenvalue weighted by molar-refractivity contribution is 0.0830. The first kappa shape index (κ1) is 16.0. The molecule has 0 radical (unpaired) electrons. The summed E-state index contributed by atoms with van der Waals surface area (Å²) in [7, 11) is 0. The highest BCUT2D eigenvalue weighted by molar-refractivity contribution is 5.98.